The smallest absolute Gasteiger partial charge is 0.153 e. The first-order chi connectivity index (χ1) is 5.27. The molecule has 0 aromatic carbocycles. The maximum Gasteiger partial charge on any atom is 0.153 e. The number of hydrogen-bond acceptors (Lipinski definition) is 3. The van der Waals surface area contributed by atoms with Gasteiger partial charge in [-0.15, -0.1) is 34.0 Å². The van der Waals surface area contributed by atoms with Gasteiger partial charge in [-0.05, 0) is 25.9 Å². The summed E-state index contributed by atoms with van der Waals surface area (Å²) in [5.41, 5.74) is 5.34. The summed E-state index contributed by atoms with van der Waals surface area (Å²) >= 11 is 0. The van der Waals surface area contributed by atoms with Gasteiger partial charge in [-0.25, -0.2) is 0 Å². The molecule has 0 unspecified atom stereocenters. The molecule has 2 fully saturated rings. The van der Waals surface area contributed by atoms with Gasteiger partial charge in [0, 0.05) is 12.0 Å². The molecule has 2 aliphatic heterocycles. The normalized spacial score (nSPS) is 35.0. The van der Waals surface area contributed by atoms with Crippen LogP contribution in [0.15, 0.2) is 0 Å². The van der Waals surface area contributed by atoms with Crippen molar-refractivity contribution in [2.24, 2.45) is 11.1 Å². The van der Waals surface area contributed by atoms with Gasteiger partial charge >= 0.3 is 0 Å². The molecule has 0 spiro atoms. The van der Waals surface area contributed by atoms with E-state index in [1.54, 1.807) is 0 Å². The van der Waals surface area contributed by atoms with Crippen LogP contribution in [0, 0.1) is 5.41 Å². The Balaban J connectivity index is 0.000000720. The number of carbonyl (C=O) groups is 1. The largest absolute Gasteiger partial charge is 0.324 e. The zero-order valence-electron chi connectivity index (χ0n) is 7.49. The number of rotatable bonds is 2. The zero-order chi connectivity index (χ0) is 7.90. The van der Waals surface area contributed by atoms with Crippen molar-refractivity contribution in [3.8, 4) is 0 Å². The zero-order valence-corrected chi connectivity index (χ0v) is 10.9. The van der Waals surface area contributed by atoms with Gasteiger partial charge in [0.25, 0.3) is 0 Å². The molecule has 2 rings (SSSR count). The van der Waals surface area contributed by atoms with Crippen molar-refractivity contribution >= 4 is 39.7 Å². The van der Waals surface area contributed by atoms with Gasteiger partial charge in [0.2, 0.25) is 0 Å². The lowest BCUT2D eigenvalue weighted by molar-refractivity contribution is -0.126. The Morgan fingerprint density at radius 1 is 1.31 bits per heavy atom. The summed E-state index contributed by atoms with van der Waals surface area (Å²) in [7, 11) is 0. The van der Waals surface area contributed by atoms with Gasteiger partial charge < -0.3 is 10.6 Å². The van der Waals surface area contributed by atoms with Gasteiger partial charge in [0.1, 0.15) is 0 Å². The summed E-state index contributed by atoms with van der Waals surface area (Å²) in [6.07, 6.45) is 2.09. The number of piperidine rings is 1. The lowest BCUT2D eigenvalue weighted by Crippen LogP contribution is -2.35. The third kappa shape index (κ3) is 2.14. The fourth-order valence-corrected chi connectivity index (χ4v) is 2.31. The minimum Gasteiger partial charge on any atom is -0.324 e. The van der Waals surface area contributed by atoms with E-state index in [0.717, 1.165) is 32.5 Å². The number of Topliss-reactive ketones (excluding diaryl/α,β-unsaturated/α-hetero) is 1. The van der Waals surface area contributed by atoms with E-state index >= 15 is 0 Å². The van der Waals surface area contributed by atoms with Gasteiger partial charge in [0.05, 0.1) is 6.54 Å². The summed E-state index contributed by atoms with van der Waals surface area (Å²) < 4.78 is 0. The Hall–Kier alpha value is 0.550. The van der Waals surface area contributed by atoms with E-state index in [-0.39, 0.29) is 51.7 Å². The number of ketones is 1. The standard InChI is InChI=1S/C8H14N2O.2BrH/c9-5-7(11)8-1-3-10(6-8)4-2-8;;/h1-6,9H2;2*1H. The van der Waals surface area contributed by atoms with E-state index in [0.29, 0.717) is 0 Å². The molecule has 0 radical (unpaired) electrons. The molecular weight excluding hydrogens is 300 g/mol. The van der Waals surface area contributed by atoms with Crippen LogP contribution in [0.2, 0.25) is 0 Å². The summed E-state index contributed by atoms with van der Waals surface area (Å²) in [5, 5.41) is 0. The third-order valence-corrected chi connectivity index (χ3v) is 3.12. The Morgan fingerprint density at radius 3 is 2.15 bits per heavy atom. The van der Waals surface area contributed by atoms with Crippen molar-refractivity contribution in [3.05, 3.63) is 0 Å². The van der Waals surface area contributed by atoms with Crippen LogP contribution in [0.3, 0.4) is 0 Å². The minimum absolute atomic E-state index is 0. The number of carbonyl (C=O) groups excluding carboxylic acids is 1. The molecule has 0 atom stereocenters. The van der Waals surface area contributed by atoms with Crippen molar-refractivity contribution < 1.29 is 4.79 Å². The molecule has 0 aliphatic carbocycles. The third-order valence-electron chi connectivity index (χ3n) is 3.12. The molecule has 78 valence electrons. The highest BCUT2D eigenvalue weighted by atomic mass is 79.9. The van der Waals surface area contributed by atoms with Crippen LogP contribution in [0.4, 0.5) is 0 Å². The molecule has 13 heavy (non-hydrogen) atoms. The Labute approximate surface area is 99.6 Å². The molecule has 3 nitrogen and oxygen atoms in total. The first-order valence-corrected chi connectivity index (χ1v) is 4.23. The van der Waals surface area contributed by atoms with Gasteiger partial charge in [-0.1, -0.05) is 0 Å². The lowest BCUT2D eigenvalue weighted by Gasteiger charge is -2.22. The summed E-state index contributed by atoms with van der Waals surface area (Å²) in [5.74, 6) is 0.275. The molecule has 0 aromatic rings. The molecule has 2 N–H and O–H groups in total. The van der Waals surface area contributed by atoms with Crippen LogP contribution in [0.5, 0.6) is 0 Å². The number of nitrogens with two attached hydrogens (primary N) is 1. The second-order valence-corrected chi connectivity index (χ2v) is 3.68. The maximum absolute atomic E-state index is 11.4. The first-order valence-electron chi connectivity index (χ1n) is 4.23. The van der Waals surface area contributed by atoms with E-state index in [2.05, 4.69) is 4.90 Å². The van der Waals surface area contributed by atoms with Crippen molar-refractivity contribution in [1.82, 2.24) is 4.90 Å². The van der Waals surface area contributed by atoms with E-state index in [9.17, 15) is 4.79 Å². The predicted octanol–water partition coefficient (Wildman–Crippen LogP) is 0.766. The van der Waals surface area contributed by atoms with Crippen LogP contribution in [0.25, 0.3) is 0 Å². The number of halogens is 2. The van der Waals surface area contributed by atoms with E-state index < -0.39 is 0 Å². The van der Waals surface area contributed by atoms with Crippen LogP contribution in [-0.4, -0.2) is 36.9 Å². The second-order valence-electron chi connectivity index (χ2n) is 3.68. The van der Waals surface area contributed by atoms with Crippen molar-refractivity contribution in [2.75, 3.05) is 26.2 Å². The Kier molecular flexibility index (Phi) is 5.07. The Morgan fingerprint density at radius 2 is 1.85 bits per heavy atom. The fraction of sp³-hybridized carbons (Fsp3) is 0.875. The van der Waals surface area contributed by atoms with Crippen molar-refractivity contribution in [2.45, 2.75) is 12.8 Å². The second kappa shape index (κ2) is 4.87. The maximum atomic E-state index is 11.4. The molecular formula is C8H16Br2N2O. The highest BCUT2D eigenvalue weighted by molar-refractivity contribution is 8.93. The lowest BCUT2D eigenvalue weighted by atomic mass is 9.80. The molecule has 0 aromatic heterocycles. The minimum atomic E-state index is -0.0191. The predicted molar refractivity (Wildman–Crippen MR) is 62.8 cm³/mol. The van der Waals surface area contributed by atoms with E-state index in [1.807, 2.05) is 0 Å². The highest BCUT2D eigenvalue weighted by Gasteiger charge is 2.47. The first kappa shape index (κ1) is 13.5. The Bertz CT molecular complexity index is 191. The molecule has 2 bridgehead atoms. The molecule has 5 heteroatoms. The fourth-order valence-electron chi connectivity index (χ4n) is 2.31. The molecule has 0 amide bonds. The average molecular weight is 316 g/mol. The van der Waals surface area contributed by atoms with Gasteiger partial charge in [0.15, 0.2) is 5.78 Å². The van der Waals surface area contributed by atoms with E-state index in [4.69, 9.17) is 5.73 Å². The van der Waals surface area contributed by atoms with Crippen molar-refractivity contribution in [3.63, 3.8) is 0 Å². The summed E-state index contributed by atoms with van der Waals surface area (Å²) in [4.78, 5) is 13.8. The number of nitrogens with zero attached hydrogens (tertiary/aromatic N) is 1. The van der Waals surface area contributed by atoms with Crippen molar-refractivity contribution in [1.29, 1.82) is 0 Å². The topological polar surface area (TPSA) is 46.3 Å². The van der Waals surface area contributed by atoms with Gasteiger partial charge in [-0.3, -0.25) is 4.79 Å². The van der Waals surface area contributed by atoms with E-state index in [1.165, 1.54) is 0 Å². The summed E-state index contributed by atoms with van der Waals surface area (Å²) in [6, 6.07) is 0. The quantitative estimate of drug-likeness (QED) is 0.818. The van der Waals surface area contributed by atoms with Gasteiger partial charge in [-0.2, -0.15) is 0 Å². The summed E-state index contributed by atoms with van der Waals surface area (Å²) in [6.45, 7) is 3.41. The average Bonchev–Trinajstić information content (AvgIpc) is 2.62. The van der Waals surface area contributed by atoms with Crippen LogP contribution in [0.1, 0.15) is 12.8 Å². The molecule has 2 heterocycles. The molecule has 0 saturated carbocycles. The number of hydrogen-bond donors (Lipinski definition) is 1. The van der Waals surface area contributed by atoms with Crippen LogP contribution < -0.4 is 5.73 Å². The molecule has 2 saturated heterocycles. The van der Waals surface area contributed by atoms with Crippen LogP contribution >= 0.6 is 34.0 Å². The SMILES string of the molecule is Br.Br.NCC(=O)C12CCN(CC1)C2. The monoisotopic (exact) mass is 314 g/mol. The van der Waals surface area contributed by atoms with Crippen LogP contribution in [-0.2, 0) is 4.79 Å². The number of fused-ring (bicyclic) bond motifs is 2. The molecule has 2 aliphatic rings. The highest BCUT2D eigenvalue weighted by Crippen LogP contribution is 2.40.